The Balaban J connectivity index is 1.75. The Kier molecular flexibility index (Phi) is 4.11. The highest BCUT2D eigenvalue weighted by Crippen LogP contribution is 2.21. The van der Waals surface area contributed by atoms with Crippen LogP contribution in [-0.4, -0.2) is 26.4 Å². The van der Waals surface area contributed by atoms with Crippen molar-refractivity contribution in [3.63, 3.8) is 0 Å². The molecule has 114 valence electrons. The summed E-state index contributed by atoms with van der Waals surface area (Å²) in [7, 11) is 0. The molecule has 0 aliphatic carbocycles. The summed E-state index contributed by atoms with van der Waals surface area (Å²) in [5, 5.41) is 14.4. The van der Waals surface area contributed by atoms with Crippen molar-refractivity contribution in [2.45, 2.75) is 19.3 Å². The molecule has 3 aromatic rings. The van der Waals surface area contributed by atoms with Gasteiger partial charge in [0.05, 0.1) is 0 Å². The average Bonchev–Trinajstić information content (AvgIpc) is 2.90. The fraction of sp³-hybridized carbons (Fsp3) is 0.267. The number of hydrogen-bond acceptors (Lipinski definition) is 4. The molecule has 1 aromatic carbocycles. The molecule has 0 amide bonds. The minimum absolute atomic E-state index is 0.343. The van der Waals surface area contributed by atoms with Crippen molar-refractivity contribution in [3.05, 3.63) is 57.5 Å². The third-order valence-corrected chi connectivity index (χ3v) is 3.89. The number of halogens is 1. The fourth-order valence-electron chi connectivity index (χ4n) is 2.36. The van der Waals surface area contributed by atoms with Crippen LogP contribution in [0.15, 0.2) is 41.2 Å². The second kappa shape index (κ2) is 6.19. The summed E-state index contributed by atoms with van der Waals surface area (Å²) in [6.45, 7) is 2.86. The summed E-state index contributed by atoms with van der Waals surface area (Å²) >= 11 is 5.93. The Bertz CT molecular complexity index is 824. The fourth-order valence-corrected chi connectivity index (χ4v) is 2.48. The molecule has 0 aliphatic rings. The SMILES string of the molecule is CC[C@@H](CNc1ccc2n[nH]c(=O)n2n1)c1ccc(Cl)cc1. The standard InChI is InChI=1S/C15H16ClN5O/c1-2-10(11-3-5-12(16)6-4-11)9-17-13-7-8-14-18-19-15(22)21(14)20-13/h3-8,10H,2,9H2,1H3,(H,17,20)(H,19,22)/t10-/m0/s1. The first-order valence-electron chi connectivity index (χ1n) is 7.11. The van der Waals surface area contributed by atoms with Crippen LogP contribution in [0.5, 0.6) is 0 Å². The Morgan fingerprint density at radius 1 is 1.27 bits per heavy atom. The molecule has 0 saturated carbocycles. The molecule has 0 radical (unpaired) electrons. The molecule has 22 heavy (non-hydrogen) atoms. The maximum Gasteiger partial charge on any atom is 0.364 e. The van der Waals surface area contributed by atoms with Crippen LogP contribution in [0.4, 0.5) is 5.82 Å². The van der Waals surface area contributed by atoms with E-state index in [1.165, 1.54) is 10.1 Å². The number of nitrogens with zero attached hydrogens (tertiary/aromatic N) is 3. The molecular weight excluding hydrogens is 302 g/mol. The van der Waals surface area contributed by atoms with Gasteiger partial charge in [0.15, 0.2) is 5.65 Å². The number of benzene rings is 1. The molecule has 0 saturated heterocycles. The molecule has 0 spiro atoms. The predicted octanol–water partition coefficient (Wildman–Crippen LogP) is 2.68. The van der Waals surface area contributed by atoms with Gasteiger partial charge in [0, 0.05) is 17.5 Å². The number of aromatic nitrogens is 4. The van der Waals surface area contributed by atoms with Gasteiger partial charge >= 0.3 is 5.69 Å². The number of rotatable bonds is 5. The van der Waals surface area contributed by atoms with Crippen LogP contribution >= 0.6 is 11.6 Å². The van der Waals surface area contributed by atoms with Crippen LogP contribution in [0.1, 0.15) is 24.8 Å². The Hall–Kier alpha value is -2.34. The summed E-state index contributed by atoms with van der Waals surface area (Å²) in [5.41, 5.74) is 1.38. The van der Waals surface area contributed by atoms with Gasteiger partial charge in [0.2, 0.25) is 0 Å². The zero-order valence-electron chi connectivity index (χ0n) is 12.1. The monoisotopic (exact) mass is 317 g/mol. The van der Waals surface area contributed by atoms with Gasteiger partial charge in [-0.05, 0) is 36.2 Å². The number of fused-ring (bicyclic) bond motifs is 1. The maximum absolute atomic E-state index is 11.5. The number of H-pyrrole nitrogens is 1. The van der Waals surface area contributed by atoms with E-state index in [0.29, 0.717) is 17.4 Å². The molecular formula is C15H16ClN5O. The topological polar surface area (TPSA) is 75.1 Å². The van der Waals surface area contributed by atoms with Crippen molar-refractivity contribution in [2.24, 2.45) is 0 Å². The van der Waals surface area contributed by atoms with Crippen molar-refractivity contribution < 1.29 is 0 Å². The minimum atomic E-state index is -0.344. The normalized spacial score (nSPS) is 12.5. The van der Waals surface area contributed by atoms with Crippen LogP contribution in [0.25, 0.3) is 5.65 Å². The zero-order valence-corrected chi connectivity index (χ0v) is 12.8. The van der Waals surface area contributed by atoms with Crippen LogP contribution in [0, 0.1) is 0 Å². The van der Waals surface area contributed by atoms with Gasteiger partial charge in [-0.1, -0.05) is 30.7 Å². The highest BCUT2D eigenvalue weighted by atomic mass is 35.5. The Labute approximate surface area is 132 Å². The summed E-state index contributed by atoms with van der Waals surface area (Å²) in [5.74, 6) is 0.985. The lowest BCUT2D eigenvalue weighted by molar-refractivity contribution is 0.691. The minimum Gasteiger partial charge on any atom is -0.368 e. The lowest BCUT2D eigenvalue weighted by Gasteiger charge is -2.16. The molecule has 1 atom stereocenters. The molecule has 0 bridgehead atoms. The van der Waals surface area contributed by atoms with Gasteiger partial charge in [-0.3, -0.25) is 0 Å². The molecule has 7 heteroatoms. The molecule has 2 N–H and O–H groups in total. The van der Waals surface area contributed by atoms with Gasteiger partial charge in [-0.25, -0.2) is 9.89 Å². The van der Waals surface area contributed by atoms with Crippen molar-refractivity contribution in [3.8, 4) is 0 Å². The smallest absolute Gasteiger partial charge is 0.364 e. The molecule has 2 heterocycles. The lowest BCUT2D eigenvalue weighted by atomic mass is 9.96. The predicted molar refractivity (Wildman–Crippen MR) is 86.6 cm³/mol. The third kappa shape index (κ3) is 2.96. The van der Waals surface area contributed by atoms with E-state index in [0.717, 1.165) is 18.0 Å². The average molecular weight is 318 g/mol. The second-order valence-electron chi connectivity index (χ2n) is 5.05. The Morgan fingerprint density at radius 3 is 2.77 bits per heavy atom. The van der Waals surface area contributed by atoms with Crippen molar-refractivity contribution in [2.75, 3.05) is 11.9 Å². The molecule has 0 fully saturated rings. The van der Waals surface area contributed by atoms with Gasteiger partial charge < -0.3 is 5.32 Å². The van der Waals surface area contributed by atoms with Gasteiger partial charge in [0.1, 0.15) is 5.82 Å². The van der Waals surface area contributed by atoms with Gasteiger partial charge in [-0.15, -0.1) is 5.10 Å². The summed E-state index contributed by atoms with van der Waals surface area (Å²) in [6.07, 6.45) is 0.989. The highest BCUT2D eigenvalue weighted by Gasteiger charge is 2.10. The lowest BCUT2D eigenvalue weighted by Crippen LogP contribution is -2.16. The zero-order chi connectivity index (χ0) is 15.5. The van der Waals surface area contributed by atoms with E-state index < -0.39 is 0 Å². The maximum atomic E-state index is 11.5. The summed E-state index contributed by atoms with van der Waals surface area (Å²) in [6, 6.07) is 11.4. The van der Waals surface area contributed by atoms with E-state index in [4.69, 9.17) is 11.6 Å². The van der Waals surface area contributed by atoms with Crippen molar-refractivity contribution in [1.29, 1.82) is 0 Å². The first-order valence-corrected chi connectivity index (χ1v) is 7.49. The number of nitrogens with one attached hydrogen (secondary N) is 2. The third-order valence-electron chi connectivity index (χ3n) is 3.64. The number of aromatic amines is 1. The van der Waals surface area contributed by atoms with E-state index in [1.54, 1.807) is 6.07 Å². The van der Waals surface area contributed by atoms with Crippen LogP contribution in [0.3, 0.4) is 0 Å². The van der Waals surface area contributed by atoms with E-state index in [9.17, 15) is 4.79 Å². The largest absolute Gasteiger partial charge is 0.368 e. The molecule has 0 aliphatic heterocycles. The van der Waals surface area contributed by atoms with Gasteiger partial charge in [-0.2, -0.15) is 9.61 Å². The molecule has 0 unspecified atom stereocenters. The first kappa shape index (κ1) is 14.6. The first-order chi connectivity index (χ1) is 10.7. The van der Waals surface area contributed by atoms with Gasteiger partial charge in [0.25, 0.3) is 0 Å². The molecule has 2 aromatic heterocycles. The van der Waals surface area contributed by atoms with Crippen LogP contribution in [0.2, 0.25) is 5.02 Å². The van der Waals surface area contributed by atoms with Crippen LogP contribution in [-0.2, 0) is 0 Å². The second-order valence-corrected chi connectivity index (χ2v) is 5.49. The Morgan fingerprint density at radius 2 is 2.05 bits per heavy atom. The molecule has 6 nitrogen and oxygen atoms in total. The summed E-state index contributed by atoms with van der Waals surface area (Å²) in [4.78, 5) is 11.5. The van der Waals surface area contributed by atoms with E-state index >= 15 is 0 Å². The van der Waals surface area contributed by atoms with E-state index in [2.05, 4.69) is 27.5 Å². The van der Waals surface area contributed by atoms with E-state index in [-0.39, 0.29) is 5.69 Å². The summed E-state index contributed by atoms with van der Waals surface area (Å²) < 4.78 is 1.24. The van der Waals surface area contributed by atoms with E-state index in [1.807, 2.05) is 30.3 Å². The molecule has 3 rings (SSSR count). The van der Waals surface area contributed by atoms with Crippen molar-refractivity contribution in [1.82, 2.24) is 19.8 Å². The highest BCUT2D eigenvalue weighted by molar-refractivity contribution is 6.30. The van der Waals surface area contributed by atoms with Crippen LogP contribution < -0.4 is 11.0 Å². The van der Waals surface area contributed by atoms with Crippen molar-refractivity contribution >= 4 is 23.1 Å². The number of anilines is 1. The number of hydrogen-bond donors (Lipinski definition) is 2. The quantitative estimate of drug-likeness (QED) is 0.758.